The van der Waals surface area contributed by atoms with Crippen LogP contribution in [0.25, 0.3) is 11.5 Å². The predicted octanol–water partition coefficient (Wildman–Crippen LogP) is 1.12. The van der Waals surface area contributed by atoms with E-state index in [9.17, 15) is 0 Å². The summed E-state index contributed by atoms with van der Waals surface area (Å²) in [4.78, 5) is 15.8. The first-order valence-corrected chi connectivity index (χ1v) is 7.88. The molecule has 6 nitrogen and oxygen atoms in total. The Hall–Kier alpha value is -1.79. The first kappa shape index (κ1) is 15.1. The summed E-state index contributed by atoms with van der Waals surface area (Å²) in [6.07, 6.45) is 10.5. The molecule has 1 aliphatic rings. The van der Waals surface area contributed by atoms with Gasteiger partial charge >= 0.3 is 0 Å². The third kappa shape index (κ3) is 3.34. The standard InChI is InChI=1S/C16H23N5O/c1-20-8-6-19-16(20)15-14(17-4-5-18-15)11-13-3-2-7-21(12-13)9-10-22/h4-6,8,13,22H,2-3,7,9-12H2,1H3/t13-/m0/s1. The minimum atomic E-state index is 0.233. The summed E-state index contributed by atoms with van der Waals surface area (Å²) in [5.74, 6) is 1.43. The van der Waals surface area contributed by atoms with Crippen LogP contribution < -0.4 is 0 Å². The van der Waals surface area contributed by atoms with Crippen LogP contribution in [-0.4, -0.2) is 55.8 Å². The van der Waals surface area contributed by atoms with Gasteiger partial charge in [0, 0.05) is 44.9 Å². The van der Waals surface area contributed by atoms with Crippen LogP contribution in [-0.2, 0) is 13.5 Å². The Morgan fingerprint density at radius 3 is 2.86 bits per heavy atom. The monoisotopic (exact) mass is 301 g/mol. The average Bonchev–Trinajstić information content (AvgIpc) is 2.95. The third-order valence-electron chi connectivity index (χ3n) is 4.31. The maximum Gasteiger partial charge on any atom is 0.160 e. The highest BCUT2D eigenvalue weighted by Gasteiger charge is 2.22. The second kappa shape index (κ2) is 6.98. The van der Waals surface area contributed by atoms with E-state index in [1.54, 1.807) is 18.6 Å². The molecule has 0 aliphatic carbocycles. The number of hydrogen-bond donors (Lipinski definition) is 1. The lowest BCUT2D eigenvalue weighted by atomic mass is 9.92. The second-order valence-electron chi connectivity index (χ2n) is 5.95. The van der Waals surface area contributed by atoms with Gasteiger partial charge in [0.25, 0.3) is 0 Å². The van der Waals surface area contributed by atoms with Crippen molar-refractivity contribution < 1.29 is 5.11 Å². The Morgan fingerprint density at radius 2 is 2.09 bits per heavy atom. The molecule has 3 rings (SSSR count). The SMILES string of the molecule is Cn1ccnc1-c1nccnc1C[C@@H]1CCCN(CCO)C1. The lowest BCUT2D eigenvalue weighted by Crippen LogP contribution is -2.38. The molecule has 0 spiro atoms. The predicted molar refractivity (Wildman–Crippen MR) is 84.2 cm³/mol. The van der Waals surface area contributed by atoms with Crippen molar-refractivity contribution in [2.24, 2.45) is 13.0 Å². The van der Waals surface area contributed by atoms with Gasteiger partial charge in [-0.25, -0.2) is 9.97 Å². The molecular formula is C16H23N5O. The molecule has 0 unspecified atom stereocenters. The van der Waals surface area contributed by atoms with E-state index < -0.39 is 0 Å². The van der Waals surface area contributed by atoms with Gasteiger partial charge in [-0.15, -0.1) is 0 Å². The summed E-state index contributed by atoms with van der Waals surface area (Å²) in [5, 5.41) is 9.12. The zero-order valence-electron chi connectivity index (χ0n) is 13.0. The maximum absolute atomic E-state index is 9.12. The highest BCUT2D eigenvalue weighted by Crippen LogP contribution is 2.24. The first-order chi connectivity index (χ1) is 10.8. The molecule has 3 heterocycles. The largest absolute Gasteiger partial charge is 0.395 e. The zero-order valence-corrected chi connectivity index (χ0v) is 13.0. The number of nitrogens with zero attached hydrogens (tertiary/aromatic N) is 5. The van der Waals surface area contributed by atoms with Gasteiger partial charge in [0.2, 0.25) is 0 Å². The molecule has 6 heteroatoms. The van der Waals surface area contributed by atoms with Gasteiger partial charge < -0.3 is 14.6 Å². The normalized spacial score (nSPS) is 19.5. The van der Waals surface area contributed by atoms with Crippen molar-refractivity contribution in [3.63, 3.8) is 0 Å². The number of aromatic nitrogens is 4. The highest BCUT2D eigenvalue weighted by atomic mass is 16.3. The topological polar surface area (TPSA) is 67.1 Å². The van der Waals surface area contributed by atoms with Crippen LogP contribution in [0, 0.1) is 5.92 Å². The second-order valence-corrected chi connectivity index (χ2v) is 5.95. The molecule has 1 fully saturated rings. The summed E-state index contributed by atoms with van der Waals surface area (Å²) in [7, 11) is 1.98. The van der Waals surface area contributed by atoms with E-state index in [0.717, 1.165) is 43.3 Å². The fourth-order valence-electron chi connectivity index (χ4n) is 3.23. The molecule has 0 radical (unpaired) electrons. The van der Waals surface area contributed by atoms with Crippen molar-refractivity contribution in [1.82, 2.24) is 24.4 Å². The fourth-order valence-corrected chi connectivity index (χ4v) is 3.23. The highest BCUT2D eigenvalue weighted by molar-refractivity contribution is 5.52. The van der Waals surface area contributed by atoms with Crippen molar-refractivity contribution in [3.05, 3.63) is 30.5 Å². The molecule has 0 saturated carbocycles. The van der Waals surface area contributed by atoms with Gasteiger partial charge in [-0.1, -0.05) is 0 Å². The van der Waals surface area contributed by atoms with Crippen molar-refractivity contribution in [2.75, 3.05) is 26.2 Å². The van der Waals surface area contributed by atoms with Gasteiger partial charge in [-0.2, -0.15) is 0 Å². The Morgan fingerprint density at radius 1 is 1.23 bits per heavy atom. The minimum absolute atomic E-state index is 0.233. The van der Waals surface area contributed by atoms with E-state index in [2.05, 4.69) is 19.9 Å². The summed E-state index contributed by atoms with van der Waals surface area (Å²) in [6.45, 7) is 3.11. The average molecular weight is 301 g/mol. The molecule has 2 aromatic heterocycles. The van der Waals surface area contributed by atoms with Crippen LogP contribution in [0.4, 0.5) is 0 Å². The molecule has 22 heavy (non-hydrogen) atoms. The summed E-state index contributed by atoms with van der Waals surface area (Å²) < 4.78 is 1.98. The number of likely N-dealkylation sites (tertiary alicyclic amines) is 1. The summed E-state index contributed by atoms with van der Waals surface area (Å²) >= 11 is 0. The Bertz CT molecular complexity index is 610. The molecule has 0 bridgehead atoms. The molecule has 2 aromatic rings. The minimum Gasteiger partial charge on any atom is -0.395 e. The van der Waals surface area contributed by atoms with Crippen molar-refractivity contribution in [3.8, 4) is 11.5 Å². The van der Waals surface area contributed by atoms with E-state index in [-0.39, 0.29) is 6.61 Å². The van der Waals surface area contributed by atoms with E-state index in [1.165, 1.54) is 12.8 Å². The van der Waals surface area contributed by atoms with Gasteiger partial charge in [0.15, 0.2) is 5.82 Å². The number of aliphatic hydroxyl groups is 1. The van der Waals surface area contributed by atoms with Crippen molar-refractivity contribution >= 4 is 0 Å². The lowest BCUT2D eigenvalue weighted by molar-refractivity contribution is 0.139. The van der Waals surface area contributed by atoms with Gasteiger partial charge in [0.1, 0.15) is 5.69 Å². The third-order valence-corrected chi connectivity index (χ3v) is 4.31. The van der Waals surface area contributed by atoms with Crippen molar-refractivity contribution in [1.29, 1.82) is 0 Å². The Balaban J connectivity index is 1.77. The van der Waals surface area contributed by atoms with Crippen LogP contribution in [0.15, 0.2) is 24.8 Å². The molecule has 1 aliphatic heterocycles. The first-order valence-electron chi connectivity index (χ1n) is 7.88. The number of hydrogen-bond acceptors (Lipinski definition) is 5. The Labute approximate surface area is 130 Å². The molecule has 1 atom stereocenters. The molecule has 118 valence electrons. The Kier molecular flexibility index (Phi) is 4.80. The number of imidazole rings is 1. The molecule has 1 saturated heterocycles. The van der Waals surface area contributed by atoms with Crippen LogP contribution in [0.3, 0.4) is 0 Å². The van der Waals surface area contributed by atoms with E-state index >= 15 is 0 Å². The molecule has 0 aromatic carbocycles. The lowest BCUT2D eigenvalue weighted by Gasteiger charge is -2.32. The van der Waals surface area contributed by atoms with E-state index in [4.69, 9.17) is 5.11 Å². The van der Waals surface area contributed by atoms with Crippen LogP contribution in [0.2, 0.25) is 0 Å². The smallest absolute Gasteiger partial charge is 0.160 e. The van der Waals surface area contributed by atoms with Gasteiger partial charge in [-0.3, -0.25) is 4.98 Å². The number of aliphatic hydroxyl groups excluding tert-OH is 1. The van der Waals surface area contributed by atoms with Gasteiger partial charge in [-0.05, 0) is 31.7 Å². The van der Waals surface area contributed by atoms with Crippen LogP contribution in [0.1, 0.15) is 18.5 Å². The van der Waals surface area contributed by atoms with Crippen LogP contribution >= 0.6 is 0 Å². The number of rotatable bonds is 5. The van der Waals surface area contributed by atoms with Crippen molar-refractivity contribution in [2.45, 2.75) is 19.3 Å². The number of β-amino-alcohol motifs (C(OH)–C–C–N with tert-alkyl or cyclic N) is 1. The zero-order chi connectivity index (χ0) is 15.4. The van der Waals surface area contributed by atoms with E-state index in [0.29, 0.717) is 5.92 Å². The summed E-state index contributed by atoms with van der Waals surface area (Å²) in [5.41, 5.74) is 1.90. The fraction of sp³-hybridized carbons (Fsp3) is 0.562. The molecular weight excluding hydrogens is 278 g/mol. The summed E-state index contributed by atoms with van der Waals surface area (Å²) in [6, 6.07) is 0. The molecule has 1 N–H and O–H groups in total. The van der Waals surface area contributed by atoms with Gasteiger partial charge in [0.05, 0.1) is 12.3 Å². The maximum atomic E-state index is 9.12. The quantitative estimate of drug-likeness (QED) is 0.896. The number of piperidine rings is 1. The molecule has 0 amide bonds. The van der Waals surface area contributed by atoms with E-state index in [1.807, 2.05) is 17.8 Å². The number of aryl methyl sites for hydroxylation is 1. The van der Waals surface area contributed by atoms with Crippen LogP contribution in [0.5, 0.6) is 0 Å².